The Balaban J connectivity index is 3.73. The van der Waals surface area contributed by atoms with Crippen molar-refractivity contribution in [1.29, 1.82) is 0 Å². The summed E-state index contributed by atoms with van der Waals surface area (Å²) in [6.07, 6.45) is 5.79. The molecule has 0 saturated carbocycles. The summed E-state index contributed by atoms with van der Waals surface area (Å²) in [6.45, 7) is 6.90. The number of likely N-dealkylation sites (N-methyl/N-ethyl adjacent to an activating group) is 1. The highest BCUT2D eigenvalue weighted by molar-refractivity contribution is 5.72. The standard InChI is InChI=1S/C14H29NO2/c1-6-7-8-9-10-12(2)14(16)17-13(3)11-15(4)5/h12-13H,6-11H2,1-5H3. The monoisotopic (exact) mass is 243 g/mol. The molecule has 102 valence electrons. The molecule has 0 saturated heterocycles. The van der Waals surface area contributed by atoms with Gasteiger partial charge in [0.2, 0.25) is 0 Å². The molecule has 0 fully saturated rings. The first-order chi connectivity index (χ1) is 7.97. The number of nitrogens with zero attached hydrogens (tertiary/aromatic N) is 1. The smallest absolute Gasteiger partial charge is 0.308 e. The Labute approximate surface area is 107 Å². The van der Waals surface area contributed by atoms with Crippen molar-refractivity contribution in [3.05, 3.63) is 0 Å². The molecule has 0 bridgehead atoms. The van der Waals surface area contributed by atoms with Gasteiger partial charge in [0, 0.05) is 6.54 Å². The third kappa shape index (κ3) is 9.16. The molecule has 3 nitrogen and oxygen atoms in total. The fourth-order valence-corrected chi connectivity index (χ4v) is 1.86. The van der Waals surface area contributed by atoms with Crippen molar-refractivity contribution in [2.45, 2.75) is 59.0 Å². The Morgan fingerprint density at radius 2 is 1.82 bits per heavy atom. The van der Waals surface area contributed by atoms with Gasteiger partial charge < -0.3 is 9.64 Å². The van der Waals surface area contributed by atoms with Gasteiger partial charge in [-0.05, 0) is 27.4 Å². The maximum atomic E-state index is 11.8. The minimum atomic E-state index is -0.0455. The summed E-state index contributed by atoms with van der Waals surface area (Å²) in [7, 11) is 3.97. The molecule has 0 aliphatic carbocycles. The van der Waals surface area contributed by atoms with Crippen LogP contribution in [0.3, 0.4) is 0 Å². The van der Waals surface area contributed by atoms with Crippen molar-refractivity contribution in [3.63, 3.8) is 0 Å². The van der Waals surface area contributed by atoms with Crippen molar-refractivity contribution < 1.29 is 9.53 Å². The van der Waals surface area contributed by atoms with Crippen molar-refractivity contribution in [1.82, 2.24) is 4.90 Å². The van der Waals surface area contributed by atoms with Gasteiger partial charge in [-0.25, -0.2) is 0 Å². The van der Waals surface area contributed by atoms with Gasteiger partial charge in [0.05, 0.1) is 5.92 Å². The van der Waals surface area contributed by atoms with Crippen molar-refractivity contribution >= 4 is 5.97 Å². The van der Waals surface area contributed by atoms with Gasteiger partial charge in [0.15, 0.2) is 0 Å². The van der Waals surface area contributed by atoms with E-state index in [1.54, 1.807) is 0 Å². The summed E-state index contributed by atoms with van der Waals surface area (Å²) >= 11 is 0. The molecule has 0 amide bonds. The maximum absolute atomic E-state index is 11.8. The Morgan fingerprint density at radius 3 is 2.35 bits per heavy atom. The molecule has 0 aromatic rings. The molecule has 0 N–H and O–H groups in total. The largest absolute Gasteiger partial charge is 0.461 e. The van der Waals surface area contributed by atoms with Crippen LogP contribution >= 0.6 is 0 Å². The van der Waals surface area contributed by atoms with E-state index in [0.29, 0.717) is 0 Å². The van der Waals surface area contributed by atoms with Gasteiger partial charge in [0.25, 0.3) is 0 Å². The van der Waals surface area contributed by atoms with Crippen molar-refractivity contribution in [3.8, 4) is 0 Å². The first-order valence-electron chi connectivity index (χ1n) is 6.82. The third-order valence-corrected chi connectivity index (χ3v) is 2.83. The minimum Gasteiger partial charge on any atom is -0.461 e. The van der Waals surface area contributed by atoms with Crippen LogP contribution in [0.2, 0.25) is 0 Å². The van der Waals surface area contributed by atoms with E-state index < -0.39 is 0 Å². The lowest BCUT2D eigenvalue weighted by Gasteiger charge is -2.19. The second-order valence-corrected chi connectivity index (χ2v) is 5.26. The number of ether oxygens (including phenoxy) is 1. The molecule has 0 radical (unpaired) electrons. The van der Waals surface area contributed by atoms with E-state index in [1.165, 1.54) is 19.3 Å². The summed E-state index contributed by atoms with van der Waals surface area (Å²) in [5, 5.41) is 0. The number of unbranched alkanes of at least 4 members (excludes halogenated alkanes) is 3. The Morgan fingerprint density at radius 1 is 1.18 bits per heavy atom. The zero-order valence-corrected chi connectivity index (χ0v) is 12.2. The second kappa shape index (κ2) is 9.46. The van der Waals surface area contributed by atoms with E-state index in [2.05, 4.69) is 6.92 Å². The molecule has 0 aliphatic rings. The van der Waals surface area contributed by atoms with E-state index in [1.807, 2.05) is 32.8 Å². The highest BCUT2D eigenvalue weighted by Gasteiger charge is 2.17. The molecule has 17 heavy (non-hydrogen) atoms. The molecule has 2 unspecified atom stereocenters. The van der Waals surface area contributed by atoms with E-state index in [4.69, 9.17) is 4.74 Å². The summed E-state index contributed by atoms with van der Waals surface area (Å²) in [5.74, 6) is -0.00711. The zero-order chi connectivity index (χ0) is 13.3. The first kappa shape index (κ1) is 16.4. The third-order valence-electron chi connectivity index (χ3n) is 2.83. The maximum Gasteiger partial charge on any atom is 0.308 e. The van der Waals surface area contributed by atoms with E-state index in [0.717, 1.165) is 19.4 Å². The van der Waals surface area contributed by atoms with Gasteiger partial charge in [-0.2, -0.15) is 0 Å². The highest BCUT2D eigenvalue weighted by atomic mass is 16.5. The van der Waals surface area contributed by atoms with Crippen LogP contribution in [0, 0.1) is 5.92 Å². The lowest BCUT2D eigenvalue weighted by molar-refractivity contribution is -0.153. The van der Waals surface area contributed by atoms with Gasteiger partial charge in [-0.3, -0.25) is 4.79 Å². The highest BCUT2D eigenvalue weighted by Crippen LogP contribution is 2.13. The SMILES string of the molecule is CCCCCCC(C)C(=O)OC(C)CN(C)C. The second-order valence-electron chi connectivity index (χ2n) is 5.26. The van der Waals surface area contributed by atoms with Gasteiger partial charge in [-0.1, -0.05) is 39.5 Å². The Bertz CT molecular complexity index is 204. The van der Waals surface area contributed by atoms with Gasteiger partial charge >= 0.3 is 5.97 Å². The van der Waals surface area contributed by atoms with E-state index >= 15 is 0 Å². The molecule has 0 aliphatic heterocycles. The lowest BCUT2D eigenvalue weighted by atomic mass is 10.0. The predicted molar refractivity (Wildman–Crippen MR) is 72.0 cm³/mol. The molecule has 3 heteroatoms. The molecule has 0 aromatic carbocycles. The Hall–Kier alpha value is -0.570. The topological polar surface area (TPSA) is 29.5 Å². The van der Waals surface area contributed by atoms with Crippen LogP contribution in [0.4, 0.5) is 0 Å². The van der Waals surface area contributed by atoms with Crippen LogP contribution in [0.1, 0.15) is 52.9 Å². The summed E-state index contributed by atoms with van der Waals surface area (Å²) < 4.78 is 5.40. The molecule has 2 atom stereocenters. The summed E-state index contributed by atoms with van der Waals surface area (Å²) in [6, 6.07) is 0. The van der Waals surface area contributed by atoms with E-state index in [-0.39, 0.29) is 18.0 Å². The molecule has 0 heterocycles. The predicted octanol–water partition coefficient (Wildman–Crippen LogP) is 3.09. The average Bonchev–Trinajstić information content (AvgIpc) is 2.22. The fourth-order valence-electron chi connectivity index (χ4n) is 1.86. The molecule has 0 aromatic heterocycles. The quantitative estimate of drug-likeness (QED) is 0.460. The lowest BCUT2D eigenvalue weighted by Crippen LogP contribution is -2.29. The first-order valence-corrected chi connectivity index (χ1v) is 6.82. The normalized spacial score (nSPS) is 14.7. The van der Waals surface area contributed by atoms with Crippen LogP contribution in [0.25, 0.3) is 0 Å². The zero-order valence-electron chi connectivity index (χ0n) is 12.2. The van der Waals surface area contributed by atoms with Crippen molar-refractivity contribution in [2.75, 3.05) is 20.6 Å². The summed E-state index contributed by atoms with van der Waals surface area (Å²) in [4.78, 5) is 13.8. The molecule has 0 rings (SSSR count). The number of hydrogen-bond donors (Lipinski definition) is 0. The van der Waals surface area contributed by atoms with Gasteiger partial charge in [0.1, 0.15) is 6.10 Å². The van der Waals surface area contributed by atoms with Gasteiger partial charge in [-0.15, -0.1) is 0 Å². The number of rotatable bonds is 9. The fraction of sp³-hybridized carbons (Fsp3) is 0.929. The average molecular weight is 243 g/mol. The van der Waals surface area contributed by atoms with Crippen LogP contribution in [-0.4, -0.2) is 37.6 Å². The van der Waals surface area contributed by atoms with Crippen LogP contribution in [0.5, 0.6) is 0 Å². The minimum absolute atomic E-state index is 0.0180. The summed E-state index contributed by atoms with van der Waals surface area (Å²) in [5.41, 5.74) is 0. The Kier molecular flexibility index (Phi) is 9.14. The molecular formula is C14H29NO2. The number of hydrogen-bond acceptors (Lipinski definition) is 3. The molecule has 0 spiro atoms. The number of esters is 1. The van der Waals surface area contributed by atoms with E-state index in [9.17, 15) is 4.79 Å². The number of carbonyl (C=O) groups is 1. The van der Waals surface area contributed by atoms with Crippen molar-refractivity contribution in [2.24, 2.45) is 5.92 Å². The van der Waals surface area contributed by atoms with Crippen LogP contribution < -0.4 is 0 Å². The van der Waals surface area contributed by atoms with Crippen LogP contribution in [-0.2, 0) is 9.53 Å². The molecular weight excluding hydrogens is 214 g/mol. The number of carbonyl (C=O) groups excluding carboxylic acids is 1. The van der Waals surface area contributed by atoms with Crippen LogP contribution in [0.15, 0.2) is 0 Å².